The van der Waals surface area contributed by atoms with Gasteiger partial charge in [-0.05, 0) is 12.1 Å². The van der Waals surface area contributed by atoms with E-state index in [1.54, 1.807) is 0 Å². The molecule has 1 radical (unpaired) electrons. The van der Waals surface area contributed by atoms with Gasteiger partial charge in [-0.25, -0.2) is 0 Å². The van der Waals surface area contributed by atoms with Crippen LogP contribution in [0.15, 0.2) is 18.2 Å². The van der Waals surface area contributed by atoms with Gasteiger partial charge in [0.2, 0.25) is 0 Å². The lowest BCUT2D eigenvalue weighted by Crippen LogP contribution is -2.18. The van der Waals surface area contributed by atoms with E-state index >= 15 is 0 Å². The highest BCUT2D eigenvalue weighted by molar-refractivity contribution is 6.32. The third-order valence-corrected chi connectivity index (χ3v) is 1.63. The summed E-state index contributed by atoms with van der Waals surface area (Å²) in [7, 11) is 0.231. The molecule has 0 unspecified atom stereocenters. The van der Waals surface area contributed by atoms with Gasteiger partial charge in [0.1, 0.15) is 5.75 Å². The van der Waals surface area contributed by atoms with Gasteiger partial charge in [-0.3, -0.25) is 0 Å². The van der Waals surface area contributed by atoms with Gasteiger partial charge in [-0.1, -0.05) is 17.7 Å². The molecule has 1 aromatic carbocycles. The molecule has 0 amide bonds. The normalized spacial score (nSPS) is 11.0. The number of ether oxygens (including phenoxy) is 1. The average molecular weight is 239 g/mol. The van der Waals surface area contributed by atoms with E-state index in [0.717, 1.165) is 0 Å². The molecule has 0 saturated heterocycles. The summed E-state index contributed by atoms with van der Waals surface area (Å²) >= 11 is 5.47. The first-order valence-corrected chi connectivity index (χ1v) is 3.98. The highest BCUT2D eigenvalue weighted by atomic mass is 35.5. The van der Waals surface area contributed by atoms with E-state index in [0.29, 0.717) is 0 Å². The number of benzene rings is 1. The summed E-state index contributed by atoms with van der Waals surface area (Å²) < 4.78 is 43.8. The van der Waals surface area contributed by atoms with E-state index in [-0.39, 0.29) is 18.5 Å². The largest absolute Gasteiger partial charge is 0.573 e. The first-order valence-electron chi connectivity index (χ1n) is 3.61. The molecule has 0 aliphatic carbocycles. The Kier molecular flexibility index (Phi) is 3.70. The molecule has 1 rings (SSSR count). The molecule has 0 aromatic heterocycles. The molecule has 1 aromatic rings. The Hall–Kier alpha value is -1.08. The maximum absolute atomic E-state index is 11.9. The lowest BCUT2D eigenvalue weighted by atomic mass is 10.3. The van der Waals surface area contributed by atoms with Crippen molar-refractivity contribution in [2.45, 2.75) is 6.36 Å². The summed E-state index contributed by atoms with van der Waals surface area (Å²) in [6.07, 6.45) is -4.88. The van der Waals surface area contributed by atoms with Crippen molar-refractivity contribution in [1.29, 1.82) is 0 Å². The quantitative estimate of drug-likeness (QED) is 0.821. The maximum Gasteiger partial charge on any atom is 0.573 e. The zero-order chi connectivity index (χ0) is 11.5. The van der Waals surface area contributed by atoms with Gasteiger partial charge in [0.25, 0.3) is 0 Å². The van der Waals surface area contributed by atoms with Crippen molar-refractivity contribution >= 4 is 19.3 Å². The SMILES string of the molecule is O[B]Oc1cccc(Cl)c1OC(F)(F)F. The van der Waals surface area contributed by atoms with E-state index in [9.17, 15) is 13.2 Å². The summed E-state index contributed by atoms with van der Waals surface area (Å²) in [5, 5.41) is 8.03. The van der Waals surface area contributed by atoms with Crippen LogP contribution in [0.25, 0.3) is 0 Å². The van der Waals surface area contributed by atoms with Crippen LogP contribution in [0.2, 0.25) is 5.02 Å². The zero-order valence-electron chi connectivity index (χ0n) is 7.08. The molecule has 0 aliphatic heterocycles. The van der Waals surface area contributed by atoms with Crippen LogP contribution in [0.5, 0.6) is 11.5 Å². The van der Waals surface area contributed by atoms with Crippen LogP contribution in [0.3, 0.4) is 0 Å². The van der Waals surface area contributed by atoms with Gasteiger partial charge < -0.3 is 14.4 Å². The molecule has 0 aliphatic rings. The van der Waals surface area contributed by atoms with Crippen molar-refractivity contribution in [3.8, 4) is 11.5 Å². The molecule has 0 fully saturated rings. The highest BCUT2D eigenvalue weighted by Gasteiger charge is 2.33. The molecular weight excluding hydrogens is 235 g/mol. The van der Waals surface area contributed by atoms with Crippen LogP contribution in [-0.4, -0.2) is 19.1 Å². The second-order valence-electron chi connectivity index (χ2n) is 2.34. The topological polar surface area (TPSA) is 38.7 Å². The van der Waals surface area contributed by atoms with E-state index in [1.165, 1.54) is 18.2 Å². The Morgan fingerprint density at radius 1 is 1.33 bits per heavy atom. The van der Waals surface area contributed by atoms with E-state index in [2.05, 4.69) is 9.39 Å². The molecule has 15 heavy (non-hydrogen) atoms. The Morgan fingerprint density at radius 3 is 2.53 bits per heavy atom. The smallest absolute Gasteiger partial charge is 0.535 e. The van der Waals surface area contributed by atoms with Crippen molar-refractivity contribution in [1.82, 2.24) is 0 Å². The van der Waals surface area contributed by atoms with Crippen LogP contribution >= 0.6 is 11.6 Å². The third-order valence-electron chi connectivity index (χ3n) is 1.33. The van der Waals surface area contributed by atoms with Crippen LogP contribution in [-0.2, 0) is 0 Å². The van der Waals surface area contributed by atoms with E-state index in [4.69, 9.17) is 16.6 Å². The number of halogens is 4. The third kappa shape index (κ3) is 3.52. The second kappa shape index (κ2) is 4.63. The van der Waals surface area contributed by atoms with Crippen LogP contribution < -0.4 is 9.39 Å². The molecule has 0 atom stereocenters. The summed E-state index contributed by atoms with van der Waals surface area (Å²) in [5.74, 6) is -1.03. The monoisotopic (exact) mass is 239 g/mol. The van der Waals surface area contributed by atoms with Gasteiger partial charge in [-0.2, -0.15) is 0 Å². The fourth-order valence-electron chi connectivity index (χ4n) is 0.853. The fraction of sp³-hybridized carbons (Fsp3) is 0.143. The average Bonchev–Trinajstić information content (AvgIpc) is 2.10. The number of para-hydroxylation sites is 1. The Bertz CT molecular complexity index is 345. The van der Waals surface area contributed by atoms with Gasteiger partial charge in [-0.15, -0.1) is 13.2 Å². The van der Waals surface area contributed by atoms with Gasteiger partial charge in [0.15, 0.2) is 5.75 Å². The number of hydrogen-bond acceptors (Lipinski definition) is 3. The van der Waals surface area contributed by atoms with Crippen LogP contribution in [0, 0.1) is 0 Å². The lowest BCUT2D eigenvalue weighted by molar-refractivity contribution is -0.274. The van der Waals surface area contributed by atoms with E-state index in [1.807, 2.05) is 0 Å². The summed E-state index contributed by atoms with van der Waals surface area (Å²) in [4.78, 5) is 0. The highest BCUT2D eigenvalue weighted by Crippen LogP contribution is 2.38. The van der Waals surface area contributed by atoms with Gasteiger partial charge >= 0.3 is 14.0 Å². The summed E-state index contributed by atoms with van der Waals surface area (Å²) in [6, 6.07) is 3.72. The molecule has 3 nitrogen and oxygen atoms in total. The molecular formula is C7H4BClF3O3. The molecule has 8 heteroatoms. The van der Waals surface area contributed by atoms with Crippen molar-refractivity contribution in [3.05, 3.63) is 23.2 Å². The minimum Gasteiger partial charge on any atom is -0.535 e. The van der Waals surface area contributed by atoms with Crippen molar-refractivity contribution < 1.29 is 27.6 Å². The summed E-state index contributed by atoms with van der Waals surface area (Å²) in [5.41, 5.74) is 0. The van der Waals surface area contributed by atoms with Crippen LogP contribution in [0.1, 0.15) is 0 Å². The Morgan fingerprint density at radius 2 is 2.00 bits per heavy atom. The Balaban J connectivity index is 3.02. The molecule has 0 heterocycles. The minimum atomic E-state index is -4.88. The molecule has 0 saturated carbocycles. The number of hydrogen-bond donors (Lipinski definition) is 1. The standard InChI is InChI=1S/C7H4BClF3O3/c9-4-2-1-3-5(15-8-13)6(4)14-7(10,11)12/h1-3,13H. The predicted octanol–water partition coefficient (Wildman–Crippen LogP) is 2.14. The maximum atomic E-state index is 11.9. The fourth-order valence-corrected chi connectivity index (χ4v) is 1.06. The Labute approximate surface area is 88.7 Å². The second-order valence-corrected chi connectivity index (χ2v) is 2.75. The number of alkyl halides is 3. The zero-order valence-corrected chi connectivity index (χ0v) is 7.84. The van der Waals surface area contributed by atoms with E-state index < -0.39 is 12.1 Å². The minimum absolute atomic E-state index is 0.231. The van der Waals surface area contributed by atoms with Crippen LogP contribution in [0.4, 0.5) is 13.2 Å². The van der Waals surface area contributed by atoms with Crippen molar-refractivity contribution in [2.24, 2.45) is 0 Å². The van der Waals surface area contributed by atoms with Gasteiger partial charge in [0.05, 0.1) is 5.02 Å². The first kappa shape index (κ1) is 12.0. The molecule has 81 valence electrons. The number of rotatable bonds is 3. The lowest BCUT2D eigenvalue weighted by Gasteiger charge is -2.13. The van der Waals surface area contributed by atoms with Crippen molar-refractivity contribution in [2.75, 3.05) is 0 Å². The van der Waals surface area contributed by atoms with Gasteiger partial charge in [0, 0.05) is 0 Å². The van der Waals surface area contributed by atoms with Crippen molar-refractivity contribution in [3.63, 3.8) is 0 Å². The molecule has 0 bridgehead atoms. The molecule has 1 N–H and O–H groups in total. The first-order chi connectivity index (χ1) is 6.94. The molecule has 0 spiro atoms. The summed E-state index contributed by atoms with van der Waals surface area (Å²) in [6.45, 7) is 0. The predicted molar refractivity (Wildman–Crippen MR) is 46.7 cm³/mol.